The maximum absolute atomic E-state index is 3.07. The lowest BCUT2D eigenvalue weighted by atomic mass is 10.3. The van der Waals surface area contributed by atoms with Gasteiger partial charge in [0.1, 0.15) is 0 Å². The number of hydrogen-bond acceptors (Lipinski definition) is 1. The highest BCUT2D eigenvalue weighted by atomic mass is 30.1. The van der Waals surface area contributed by atoms with Crippen LogP contribution in [0.5, 0.6) is 0 Å². The van der Waals surface area contributed by atoms with Crippen LogP contribution in [0.3, 0.4) is 0 Å². The van der Waals surface area contributed by atoms with Gasteiger partial charge in [-0.25, -0.2) is 0 Å². The summed E-state index contributed by atoms with van der Waals surface area (Å²) in [6.07, 6.45) is 0. The summed E-state index contributed by atoms with van der Waals surface area (Å²) < 4.78 is 3.07. The number of nitrogens with zero attached hydrogens (tertiary/aromatic N) is 1. The van der Waals surface area contributed by atoms with Gasteiger partial charge in [-0.15, -0.1) is 0 Å². The van der Waals surface area contributed by atoms with Crippen LogP contribution < -0.4 is 4.57 Å². The second-order valence-corrected chi connectivity index (χ2v) is 89.9. The summed E-state index contributed by atoms with van der Waals surface area (Å²) in [7, 11) is -5.56. The van der Waals surface area contributed by atoms with E-state index in [9.17, 15) is 0 Å². The van der Waals surface area contributed by atoms with E-state index >= 15 is 0 Å². The monoisotopic (exact) mass is 658 g/mol. The molecule has 1 nitrogen and oxygen atoms in total. The second-order valence-electron chi connectivity index (χ2n) is 16.4. The minimum absolute atomic E-state index is 0.828. The summed E-state index contributed by atoms with van der Waals surface area (Å²) in [5, 5.41) is 0. The summed E-state index contributed by atoms with van der Waals surface area (Å²) in [6.45, 7) is 41.0. The molecule has 0 aliphatic carbocycles. The Labute approximate surface area is 251 Å². The fourth-order valence-electron chi connectivity index (χ4n) is 9.30. The smallest absolute Gasteiger partial charge is 0.0858 e. The molecule has 0 fully saturated rings. The zero-order chi connectivity index (χ0) is 30.2. The molecule has 1 radical (unpaired) electrons. The molecular formula is C30H60NSi8. The minimum Gasteiger partial charge on any atom is -0.356 e. The normalized spacial score (nSPS) is 14.8. The Balaban J connectivity index is 3.39. The maximum Gasteiger partial charge on any atom is 0.0858 e. The average molecular weight is 660 g/mol. The van der Waals surface area contributed by atoms with E-state index in [1.54, 1.807) is 0 Å². The molecule has 39 heavy (non-hydrogen) atoms. The molecule has 0 bridgehead atoms. The van der Waals surface area contributed by atoms with E-state index in [1.165, 1.54) is 19.5 Å². The fraction of sp³-hybridized carbons (Fsp3) is 0.600. The molecule has 0 spiro atoms. The van der Waals surface area contributed by atoms with Crippen LogP contribution in [0.1, 0.15) is 27.7 Å². The van der Waals surface area contributed by atoms with E-state index in [2.05, 4.69) is 171 Å². The quantitative estimate of drug-likeness (QED) is 0.217. The third-order valence-corrected chi connectivity index (χ3v) is 151. The van der Waals surface area contributed by atoms with E-state index in [0.29, 0.717) is 0 Å². The Hall–Kier alpha value is -0.0249. The number of anilines is 2. The third-order valence-electron chi connectivity index (χ3n) is 9.41. The van der Waals surface area contributed by atoms with Crippen LogP contribution >= 0.6 is 0 Å². The Bertz CT molecular complexity index is 1030. The molecule has 0 heterocycles. The topological polar surface area (TPSA) is 3.24 Å². The van der Waals surface area contributed by atoms with E-state index in [-0.39, 0.29) is 0 Å². The van der Waals surface area contributed by atoms with Crippen molar-refractivity contribution in [2.45, 2.75) is 117 Å². The van der Waals surface area contributed by atoms with Crippen LogP contribution in [-0.2, 0) is 0 Å². The van der Waals surface area contributed by atoms with Gasteiger partial charge in [0.15, 0.2) is 0 Å². The first kappa shape index (κ1) is 35.2. The number of benzene rings is 2. The van der Waals surface area contributed by atoms with Gasteiger partial charge < -0.3 is 4.57 Å². The summed E-state index contributed by atoms with van der Waals surface area (Å²) in [5.74, 6) is 0. The minimum atomic E-state index is -1.75. The van der Waals surface area contributed by atoms with Crippen molar-refractivity contribution in [1.82, 2.24) is 0 Å². The lowest BCUT2D eigenvalue weighted by Crippen LogP contribution is -2.85. The van der Waals surface area contributed by atoms with Crippen LogP contribution in [0, 0.1) is 0 Å². The van der Waals surface area contributed by atoms with E-state index in [4.69, 9.17) is 0 Å². The number of para-hydroxylation sites is 2. The molecular weight excluding hydrogens is 599 g/mol. The molecule has 217 valence electrons. The van der Waals surface area contributed by atoms with Gasteiger partial charge >= 0.3 is 0 Å². The van der Waals surface area contributed by atoms with Crippen molar-refractivity contribution >= 4 is 70.7 Å². The predicted molar refractivity (Wildman–Crippen MR) is 202 cm³/mol. The highest BCUT2D eigenvalue weighted by Crippen LogP contribution is 2.44. The molecule has 0 saturated heterocycles. The van der Waals surface area contributed by atoms with Gasteiger partial charge in [0, 0.05) is 49.9 Å². The zero-order valence-corrected chi connectivity index (χ0v) is 36.4. The van der Waals surface area contributed by atoms with Crippen molar-refractivity contribution in [3.05, 3.63) is 60.7 Å². The zero-order valence-electron chi connectivity index (χ0n) is 28.4. The van der Waals surface area contributed by atoms with Crippen LogP contribution in [0.25, 0.3) is 0 Å². The molecule has 0 saturated carbocycles. The van der Waals surface area contributed by atoms with Gasteiger partial charge in [0.05, 0.1) is 20.8 Å². The molecule has 2 rings (SSSR count). The lowest BCUT2D eigenvalue weighted by Gasteiger charge is -2.59. The third kappa shape index (κ3) is 6.50. The largest absolute Gasteiger partial charge is 0.356 e. The SMILES string of the molecule is CC(C)[Si]([Si]=[Si](N(c1ccccc1)c1ccccc1)[Si](C(C)C)([Si](C)(C)C)[Si](C)(C)C)([Si](C)(C)C)[Si](C)(C)C. The Morgan fingerprint density at radius 1 is 0.513 bits per heavy atom. The standard InChI is InChI=1S/C30H60NSi8/c1-27(2)38(34(5,6)7,35(8,9)10)32-33(39(28(3)4,36(11,12)13)37(14,15)16)31(29-23-19-17-20-24-29)30-25-21-18-22-26-30/h17-28H,1-16H3. The molecule has 0 aliphatic rings. The molecule has 0 aliphatic heterocycles. The van der Waals surface area contributed by atoms with E-state index < -0.39 is 51.2 Å². The molecule has 0 atom stereocenters. The van der Waals surface area contributed by atoms with E-state index in [0.717, 1.165) is 11.1 Å². The molecule has 2 aromatic rings. The fourth-order valence-corrected chi connectivity index (χ4v) is 221. The Morgan fingerprint density at radius 3 is 1.08 bits per heavy atom. The first-order valence-electron chi connectivity index (χ1n) is 15.1. The highest BCUT2D eigenvalue weighted by Gasteiger charge is 2.63. The summed E-state index contributed by atoms with van der Waals surface area (Å²) in [4.78, 5) is 0. The molecule has 0 aromatic heterocycles. The predicted octanol–water partition coefficient (Wildman–Crippen LogP) is 9.98. The van der Waals surface area contributed by atoms with Crippen LogP contribution in [0.15, 0.2) is 60.7 Å². The van der Waals surface area contributed by atoms with Gasteiger partial charge in [0.25, 0.3) is 0 Å². The average Bonchev–Trinajstić information content (AvgIpc) is 2.74. The molecule has 2 aromatic carbocycles. The first-order chi connectivity index (χ1) is 17.6. The van der Waals surface area contributed by atoms with Crippen molar-refractivity contribution in [2.75, 3.05) is 4.57 Å². The van der Waals surface area contributed by atoms with Gasteiger partial charge in [0.2, 0.25) is 0 Å². The summed E-state index contributed by atoms with van der Waals surface area (Å²) in [5.41, 5.74) is 4.63. The number of hydrogen-bond donors (Lipinski definition) is 0. The molecule has 0 amide bonds. The molecule has 9 heteroatoms. The first-order valence-corrected chi connectivity index (χ1v) is 42.7. The Morgan fingerprint density at radius 2 is 0.846 bits per heavy atom. The van der Waals surface area contributed by atoms with Crippen LogP contribution in [-0.4, -0.2) is 59.3 Å². The van der Waals surface area contributed by atoms with Crippen molar-refractivity contribution in [1.29, 1.82) is 0 Å². The second kappa shape index (κ2) is 12.3. The highest BCUT2D eigenvalue weighted by molar-refractivity contribution is 7.95. The summed E-state index contributed by atoms with van der Waals surface area (Å²) >= 11 is 0. The van der Waals surface area contributed by atoms with Crippen molar-refractivity contribution in [3.8, 4) is 0 Å². The van der Waals surface area contributed by atoms with Gasteiger partial charge in [-0.2, -0.15) is 0 Å². The van der Waals surface area contributed by atoms with Gasteiger partial charge in [-0.1, -0.05) is 154 Å². The molecule has 0 unspecified atom stereocenters. The molecule has 0 N–H and O–H groups in total. The van der Waals surface area contributed by atoms with E-state index in [1.807, 2.05) is 0 Å². The van der Waals surface area contributed by atoms with Crippen molar-refractivity contribution < 1.29 is 0 Å². The van der Waals surface area contributed by atoms with Crippen LogP contribution in [0.4, 0.5) is 11.4 Å². The summed E-state index contributed by atoms with van der Waals surface area (Å²) in [6, 6.07) is 23.4. The van der Waals surface area contributed by atoms with Gasteiger partial charge in [-0.3, -0.25) is 0 Å². The van der Waals surface area contributed by atoms with Crippen molar-refractivity contribution in [2.24, 2.45) is 0 Å². The number of rotatable bonds is 11. The Kier molecular flexibility index (Phi) is 11.1. The van der Waals surface area contributed by atoms with Crippen LogP contribution in [0.2, 0.25) is 89.6 Å². The lowest BCUT2D eigenvalue weighted by molar-refractivity contribution is 1.05. The van der Waals surface area contributed by atoms with Gasteiger partial charge in [-0.05, 0) is 24.3 Å². The van der Waals surface area contributed by atoms with Crippen molar-refractivity contribution in [3.63, 3.8) is 0 Å². The maximum atomic E-state index is 3.07.